The number of amides is 1. The van der Waals surface area contributed by atoms with Crippen LogP contribution in [0.1, 0.15) is 35.7 Å². The van der Waals surface area contributed by atoms with E-state index in [1.165, 1.54) is 5.56 Å². The number of carbonyl (C=O) groups is 1. The topological polar surface area (TPSA) is 92.1 Å². The van der Waals surface area contributed by atoms with Crippen LogP contribution in [0.15, 0.2) is 24.5 Å². The van der Waals surface area contributed by atoms with Crippen molar-refractivity contribution in [3.8, 4) is 0 Å². The third kappa shape index (κ3) is 3.44. The number of rotatable bonds is 5. The van der Waals surface area contributed by atoms with Gasteiger partial charge < -0.3 is 20.3 Å². The normalized spacial score (nSPS) is 24.3. The SMILES string of the molecule is Cn1cnnc1[C@H]1C[C@H](CNC(=O)Cc2ccc3c(c2)NCC3)[C@H](O)C1. The van der Waals surface area contributed by atoms with E-state index >= 15 is 0 Å². The molecule has 0 radical (unpaired) electrons. The van der Waals surface area contributed by atoms with Gasteiger partial charge in [0.15, 0.2) is 0 Å². The van der Waals surface area contributed by atoms with E-state index in [9.17, 15) is 9.90 Å². The minimum atomic E-state index is -0.416. The fourth-order valence-corrected chi connectivity index (χ4v) is 4.14. The maximum absolute atomic E-state index is 12.3. The Morgan fingerprint density at radius 3 is 3.12 bits per heavy atom. The van der Waals surface area contributed by atoms with Crippen LogP contribution in [0.5, 0.6) is 0 Å². The van der Waals surface area contributed by atoms with E-state index in [2.05, 4.69) is 33.0 Å². The zero-order valence-electron chi connectivity index (χ0n) is 15.0. The molecule has 0 saturated heterocycles. The highest BCUT2D eigenvalue weighted by molar-refractivity contribution is 5.79. The molecule has 2 aromatic rings. The lowest BCUT2D eigenvalue weighted by atomic mass is 10.0. The fraction of sp³-hybridized carbons (Fsp3) is 0.526. The largest absolute Gasteiger partial charge is 0.393 e. The van der Waals surface area contributed by atoms with Crippen LogP contribution in [-0.2, 0) is 24.7 Å². The molecule has 1 aliphatic carbocycles. The Balaban J connectivity index is 1.30. The number of aromatic nitrogens is 3. The summed E-state index contributed by atoms with van der Waals surface area (Å²) in [6.45, 7) is 1.47. The average Bonchev–Trinajstić information content (AvgIpc) is 3.32. The van der Waals surface area contributed by atoms with Gasteiger partial charge >= 0.3 is 0 Å². The van der Waals surface area contributed by atoms with Crippen LogP contribution in [-0.4, -0.2) is 45.0 Å². The summed E-state index contributed by atoms with van der Waals surface area (Å²) in [5.74, 6) is 1.16. The van der Waals surface area contributed by atoms with Crippen LogP contribution in [0.4, 0.5) is 5.69 Å². The highest BCUT2D eigenvalue weighted by Crippen LogP contribution is 2.37. The molecule has 2 heterocycles. The number of carbonyl (C=O) groups excluding carboxylic acids is 1. The van der Waals surface area contributed by atoms with Crippen molar-refractivity contribution in [3.63, 3.8) is 0 Å². The fourth-order valence-electron chi connectivity index (χ4n) is 4.14. The lowest BCUT2D eigenvalue weighted by Gasteiger charge is -2.15. The van der Waals surface area contributed by atoms with Crippen molar-refractivity contribution < 1.29 is 9.90 Å². The van der Waals surface area contributed by atoms with Gasteiger partial charge in [-0.05, 0) is 36.5 Å². The number of aliphatic hydroxyl groups is 1. The summed E-state index contributed by atoms with van der Waals surface area (Å²) in [4.78, 5) is 12.3. The van der Waals surface area contributed by atoms with E-state index in [4.69, 9.17) is 0 Å². The summed E-state index contributed by atoms with van der Waals surface area (Å²) < 4.78 is 1.90. The van der Waals surface area contributed by atoms with Gasteiger partial charge in [-0.1, -0.05) is 12.1 Å². The Hall–Kier alpha value is -2.41. The molecule has 1 aliphatic heterocycles. The molecule has 0 spiro atoms. The molecule has 1 fully saturated rings. The number of fused-ring (bicyclic) bond motifs is 1. The van der Waals surface area contributed by atoms with E-state index in [0.717, 1.165) is 36.5 Å². The Morgan fingerprint density at radius 1 is 1.42 bits per heavy atom. The van der Waals surface area contributed by atoms with Crippen LogP contribution >= 0.6 is 0 Å². The van der Waals surface area contributed by atoms with Crippen LogP contribution in [0.25, 0.3) is 0 Å². The maximum Gasteiger partial charge on any atom is 0.224 e. The Labute approximate surface area is 152 Å². The number of nitrogens with zero attached hydrogens (tertiary/aromatic N) is 3. The number of aryl methyl sites for hydroxylation is 1. The van der Waals surface area contributed by atoms with Crippen molar-refractivity contribution in [2.45, 2.75) is 37.7 Å². The third-order valence-electron chi connectivity index (χ3n) is 5.58. The second-order valence-corrected chi connectivity index (χ2v) is 7.44. The number of hydrogen-bond acceptors (Lipinski definition) is 5. The van der Waals surface area contributed by atoms with Gasteiger partial charge in [-0.3, -0.25) is 4.79 Å². The van der Waals surface area contributed by atoms with Gasteiger partial charge in [0.2, 0.25) is 5.91 Å². The van der Waals surface area contributed by atoms with Gasteiger partial charge in [0, 0.05) is 37.7 Å². The molecule has 7 nitrogen and oxygen atoms in total. The molecule has 3 atom stereocenters. The summed E-state index contributed by atoms with van der Waals surface area (Å²) in [6, 6.07) is 6.19. The van der Waals surface area contributed by atoms with Crippen LogP contribution < -0.4 is 10.6 Å². The Morgan fingerprint density at radius 2 is 2.31 bits per heavy atom. The molecule has 2 aliphatic rings. The quantitative estimate of drug-likeness (QED) is 0.744. The molecule has 138 valence electrons. The van der Waals surface area contributed by atoms with E-state index in [1.807, 2.05) is 17.7 Å². The van der Waals surface area contributed by atoms with Crippen molar-refractivity contribution >= 4 is 11.6 Å². The van der Waals surface area contributed by atoms with Crippen LogP contribution in [0.3, 0.4) is 0 Å². The summed E-state index contributed by atoms with van der Waals surface area (Å²) in [6.07, 6.45) is 4.17. The number of nitrogens with one attached hydrogen (secondary N) is 2. The molecular formula is C19H25N5O2. The van der Waals surface area contributed by atoms with Crippen molar-refractivity contribution in [1.82, 2.24) is 20.1 Å². The second kappa shape index (κ2) is 7.07. The molecule has 0 bridgehead atoms. The standard InChI is InChI=1S/C19H25N5O2/c1-24-11-22-23-19(24)14-8-15(17(25)9-14)10-21-18(26)7-12-2-3-13-4-5-20-16(13)6-12/h2-3,6,11,14-15,17,20,25H,4-5,7-10H2,1H3,(H,21,26)/t14-,15+,17+/m0/s1. The first-order valence-electron chi connectivity index (χ1n) is 9.24. The lowest BCUT2D eigenvalue weighted by Crippen LogP contribution is -2.33. The zero-order chi connectivity index (χ0) is 18.1. The van der Waals surface area contributed by atoms with Gasteiger partial charge in [-0.2, -0.15) is 0 Å². The number of anilines is 1. The number of hydrogen-bond donors (Lipinski definition) is 3. The van der Waals surface area contributed by atoms with Crippen molar-refractivity contribution in [3.05, 3.63) is 41.5 Å². The van der Waals surface area contributed by atoms with Crippen molar-refractivity contribution in [2.24, 2.45) is 13.0 Å². The predicted octanol–water partition coefficient (Wildman–Crippen LogP) is 0.996. The first-order valence-corrected chi connectivity index (χ1v) is 9.24. The zero-order valence-corrected chi connectivity index (χ0v) is 15.0. The summed E-state index contributed by atoms with van der Waals surface area (Å²) in [5.41, 5.74) is 3.48. The van der Waals surface area contributed by atoms with Crippen molar-refractivity contribution in [1.29, 1.82) is 0 Å². The Bertz CT molecular complexity index is 803. The summed E-state index contributed by atoms with van der Waals surface area (Å²) >= 11 is 0. The van der Waals surface area contributed by atoms with E-state index in [-0.39, 0.29) is 17.7 Å². The highest BCUT2D eigenvalue weighted by Gasteiger charge is 2.35. The molecule has 1 aromatic heterocycles. The smallest absolute Gasteiger partial charge is 0.224 e. The van der Waals surface area contributed by atoms with Gasteiger partial charge in [0.1, 0.15) is 12.2 Å². The minimum Gasteiger partial charge on any atom is -0.393 e. The molecule has 4 rings (SSSR count). The van der Waals surface area contributed by atoms with Gasteiger partial charge in [-0.15, -0.1) is 10.2 Å². The summed E-state index contributed by atoms with van der Waals surface area (Å²) in [5, 5.41) is 24.7. The third-order valence-corrected chi connectivity index (χ3v) is 5.58. The van der Waals surface area contributed by atoms with Crippen LogP contribution in [0.2, 0.25) is 0 Å². The van der Waals surface area contributed by atoms with Gasteiger partial charge in [0.25, 0.3) is 0 Å². The molecule has 26 heavy (non-hydrogen) atoms. The van der Waals surface area contributed by atoms with Gasteiger partial charge in [-0.25, -0.2) is 0 Å². The lowest BCUT2D eigenvalue weighted by molar-refractivity contribution is -0.120. The average molecular weight is 355 g/mol. The maximum atomic E-state index is 12.3. The molecule has 1 saturated carbocycles. The molecule has 7 heteroatoms. The molecule has 3 N–H and O–H groups in total. The molecular weight excluding hydrogens is 330 g/mol. The first kappa shape index (κ1) is 17.0. The first-order chi connectivity index (χ1) is 12.6. The molecule has 0 unspecified atom stereocenters. The monoisotopic (exact) mass is 355 g/mol. The Kier molecular flexibility index (Phi) is 4.63. The van der Waals surface area contributed by atoms with E-state index in [1.54, 1.807) is 6.33 Å². The summed E-state index contributed by atoms with van der Waals surface area (Å²) in [7, 11) is 1.92. The molecule has 1 amide bonds. The van der Waals surface area contributed by atoms with Crippen LogP contribution in [0, 0.1) is 5.92 Å². The number of aliphatic hydroxyl groups excluding tert-OH is 1. The van der Waals surface area contributed by atoms with E-state index < -0.39 is 6.10 Å². The minimum absolute atomic E-state index is 0.00254. The van der Waals surface area contributed by atoms with Crippen molar-refractivity contribution in [2.75, 3.05) is 18.4 Å². The number of benzene rings is 1. The second-order valence-electron chi connectivity index (χ2n) is 7.44. The van der Waals surface area contributed by atoms with E-state index in [0.29, 0.717) is 19.4 Å². The van der Waals surface area contributed by atoms with Gasteiger partial charge in [0.05, 0.1) is 12.5 Å². The molecule has 1 aromatic carbocycles. The predicted molar refractivity (Wildman–Crippen MR) is 97.8 cm³/mol. The highest BCUT2D eigenvalue weighted by atomic mass is 16.3.